The van der Waals surface area contributed by atoms with Crippen molar-refractivity contribution < 1.29 is 8.84 Å². The van der Waals surface area contributed by atoms with E-state index in [1.807, 2.05) is 30.3 Å². The lowest BCUT2D eigenvalue weighted by atomic mass is 10.4. The van der Waals surface area contributed by atoms with Crippen molar-refractivity contribution in [2.75, 3.05) is 0 Å². The minimum atomic E-state index is -1.58. The molecule has 1 aromatic carbocycles. The first-order valence-electron chi connectivity index (χ1n) is 5.55. The second-order valence-electron chi connectivity index (χ2n) is 4.70. The fourth-order valence-electron chi connectivity index (χ4n) is 1.32. The molecule has 17 heavy (non-hydrogen) atoms. The average Bonchev–Trinajstić information content (AvgIpc) is 2.64. The minimum Gasteiger partial charge on any atom is -0.519 e. The summed E-state index contributed by atoms with van der Waals surface area (Å²) in [6, 6.07) is 14.0. The standard InChI is InChI=1S/C13H16O2SSi/c1-17(2,3)15-12-9-10-13(14-12)16-11-7-5-4-6-8-11/h4-10H,1-3H3. The maximum absolute atomic E-state index is 5.78. The van der Waals surface area contributed by atoms with Gasteiger partial charge in [0.05, 0.1) is 0 Å². The van der Waals surface area contributed by atoms with Crippen LogP contribution in [0.2, 0.25) is 19.6 Å². The largest absolute Gasteiger partial charge is 0.519 e. The van der Waals surface area contributed by atoms with Crippen molar-refractivity contribution in [3.8, 4) is 5.95 Å². The van der Waals surface area contributed by atoms with Gasteiger partial charge in [0.1, 0.15) is 0 Å². The van der Waals surface area contributed by atoms with Gasteiger partial charge in [-0.1, -0.05) is 30.0 Å². The average molecular weight is 264 g/mol. The number of hydrogen-bond acceptors (Lipinski definition) is 3. The molecule has 0 aliphatic carbocycles. The number of hydrogen-bond donors (Lipinski definition) is 0. The summed E-state index contributed by atoms with van der Waals surface area (Å²) in [5, 5.41) is 0.865. The van der Waals surface area contributed by atoms with E-state index in [0.717, 1.165) is 5.09 Å². The zero-order chi connectivity index (χ0) is 12.3. The van der Waals surface area contributed by atoms with Crippen molar-refractivity contribution in [2.24, 2.45) is 0 Å². The molecule has 1 heterocycles. The summed E-state index contributed by atoms with van der Waals surface area (Å²) in [5.41, 5.74) is 0. The molecule has 0 radical (unpaired) electrons. The van der Waals surface area contributed by atoms with Crippen molar-refractivity contribution in [3.05, 3.63) is 42.5 Å². The van der Waals surface area contributed by atoms with E-state index in [-0.39, 0.29) is 0 Å². The summed E-state index contributed by atoms with van der Waals surface area (Å²) in [6.07, 6.45) is 0. The van der Waals surface area contributed by atoms with Gasteiger partial charge in [-0.15, -0.1) is 0 Å². The molecule has 0 aliphatic rings. The summed E-state index contributed by atoms with van der Waals surface area (Å²) in [6.45, 7) is 6.42. The van der Waals surface area contributed by atoms with Gasteiger partial charge in [0, 0.05) is 11.0 Å². The predicted molar refractivity (Wildman–Crippen MR) is 73.2 cm³/mol. The van der Waals surface area contributed by atoms with Gasteiger partial charge in [-0.3, -0.25) is 0 Å². The lowest BCUT2D eigenvalue weighted by Crippen LogP contribution is -2.28. The van der Waals surface area contributed by atoms with Crippen LogP contribution in [0, 0.1) is 0 Å². The van der Waals surface area contributed by atoms with E-state index in [2.05, 4.69) is 31.8 Å². The fraction of sp³-hybridized carbons (Fsp3) is 0.231. The van der Waals surface area contributed by atoms with Crippen molar-refractivity contribution in [1.82, 2.24) is 0 Å². The highest BCUT2D eigenvalue weighted by Crippen LogP contribution is 2.32. The molecule has 0 fully saturated rings. The SMILES string of the molecule is C[Si](C)(C)Oc1ccc(Sc2ccccc2)o1. The first-order valence-corrected chi connectivity index (χ1v) is 9.77. The van der Waals surface area contributed by atoms with E-state index in [1.54, 1.807) is 11.8 Å². The minimum absolute atomic E-state index is 0.627. The summed E-state index contributed by atoms with van der Waals surface area (Å²) in [7, 11) is -1.58. The Bertz CT molecular complexity index is 474. The topological polar surface area (TPSA) is 22.4 Å². The summed E-state index contributed by atoms with van der Waals surface area (Å²) < 4.78 is 11.4. The second kappa shape index (κ2) is 5.02. The van der Waals surface area contributed by atoms with Crippen LogP contribution < -0.4 is 4.43 Å². The number of rotatable bonds is 4. The van der Waals surface area contributed by atoms with Crippen molar-refractivity contribution in [1.29, 1.82) is 0 Å². The van der Waals surface area contributed by atoms with E-state index >= 15 is 0 Å². The molecule has 2 rings (SSSR count). The van der Waals surface area contributed by atoms with Crippen LogP contribution in [0.4, 0.5) is 0 Å². The highest BCUT2D eigenvalue weighted by molar-refractivity contribution is 7.99. The Morgan fingerprint density at radius 3 is 2.35 bits per heavy atom. The first-order chi connectivity index (χ1) is 8.03. The van der Waals surface area contributed by atoms with Gasteiger partial charge in [0.15, 0.2) is 5.09 Å². The molecule has 0 amide bonds. The lowest BCUT2D eigenvalue weighted by Gasteiger charge is -2.15. The zero-order valence-electron chi connectivity index (χ0n) is 10.3. The molecule has 0 atom stereocenters. The molecule has 90 valence electrons. The van der Waals surface area contributed by atoms with Crippen LogP contribution in [0.3, 0.4) is 0 Å². The maximum atomic E-state index is 5.78. The van der Waals surface area contributed by atoms with E-state index in [9.17, 15) is 0 Å². The normalized spacial score (nSPS) is 11.5. The Morgan fingerprint density at radius 1 is 1.00 bits per heavy atom. The maximum Gasteiger partial charge on any atom is 0.271 e. The van der Waals surface area contributed by atoms with Crippen LogP contribution in [0.25, 0.3) is 0 Å². The molecular formula is C13H16O2SSi. The molecule has 0 aliphatic heterocycles. The molecule has 0 unspecified atom stereocenters. The van der Waals surface area contributed by atoms with Gasteiger partial charge in [0.2, 0.25) is 8.32 Å². The van der Waals surface area contributed by atoms with Crippen LogP contribution in [0.1, 0.15) is 0 Å². The van der Waals surface area contributed by atoms with Crippen LogP contribution in [0.5, 0.6) is 5.95 Å². The monoisotopic (exact) mass is 264 g/mol. The Labute approximate surface area is 107 Å². The van der Waals surface area contributed by atoms with Gasteiger partial charge < -0.3 is 8.84 Å². The van der Waals surface area contributed by atoms with Crippen LogP contribution in [-0.2, 0) is 0 Å². The summed E-state index contributed by atoms with van der Waals surface area (Å²) in [5.74, 6) is 0.627. The molecule has 2 aromatic rings. The van der Waals surface area contributed by atoms with E-state index in [0.29, 0.717) is 5.95 Å². The molecule has 0 saturated carbocycles. The highest BCUT2D eigenvalue weighted by atomic mass is 32.2. The van der Waals surface area contributed by atoms with Crippen LogP contribution in [0.15, 0.2) is 56.9 Å². The van der Waals surface area contributed by atoms with Crippen molar-refractivity contribution in [2.45, 2.75) is 29.6 Å². The van der Waals surface area contributed by atoms with Crippen molar-refractivity contribution >= 4 is 20.1 Å². The third-order valence-corrected chi connectivity index (χ3v) is 3.67. The smallest absolute Gasteiger partial charge is 0.271 e. The predicted octanol–water partition coefficient (Wildman–Crippen LogP) is 4.64. The molecule has 0 bridgehead atoms. The molecule has 2 nitrogen and oxygen atoms in total. The Hall–Kier alpha value is -1.13. The van der Waals surface area contributed by atoms with Crippen molar-refractivity contribution in [3.63, 3.8) is 0 Å². The third kappa shape index (κ3) is 3.98. The third-order valence-electron chi connectivity index (χ3n) is 1.93. The zero-order valence-corrected chi connectivity index (χ0v) is 12.1. The van der Waals surface area contributed by atoms with Gasteiger partial charge in [-0.05, 0) is 37.8 Å². The van der Waals surface area contributed by atoms with Gasteiger partial charge in [0.25, 0.3) is 5.95 Å². The van der Waals surface area contributed by atoms with E-state index in [1.165, 1.54) is 4.90 Å². The molecule has 0 spiro atoms. The summed E-state index contributed by atoms with van der Waals surface area (Å²) >= 11 is 1.60. The number of furan rings is 1. The molecule has 4 heteroatoms. The van der Waals surface area contributed by atoms with Gasteiger partial charge in [-0.25, -0.2) is 0 Å². The van der Waals surface area contributed by atoms with E-state index < -0.39 is 8.32 Å². The molecular weight excluding hydrogens is 248 g/mol. The highest BCUT2D eigenvalue weighted by Gasteiger charge is 2.18. The fourth-order valence-corrected chi connectivity index (χ4v) is 2.82. The van der Waals surface area contributed by atoms with Crippen LogP contribution in [-0.4, -0.2) is 8.32 Å². The molecule has 1 aromatic heterocycles. The Balaban J connectivity index is 2.04. The Kier molecular flexibility index (Phi) is 3.64. The summed E-state index contributed by atoms with van der Waals surface area (Å²) in [4.78, 5) is 1.17. The van der Waals surface area contributed by atoms with E-state index in [4.69, 9.17) is 8.84 Å². The number of benzene rings is 1. The molecule has 0 N–H and O–H groups in total. The Morgan fingerprint density at radius 2 is 1.71 bits per heavy atom. The molecule has 0 saturated heterocycles. The van der Waals surface area contributed by atoms with Gasteiger partial charge in [-0.2, -0.15) is 0 Å². The quantitative estimate of drug-likeness (QED) is 0.751. The lowest BCUT2D eigenvalue weighted by molar-refractivity contribution is 0.345. The second-order valence-corrected chi connectivity index (χ2v) is 10.2. The van der Waals surface area contributed by atoms with Crippen LogP contribution >= 0.6 is 11.8 Å². The van der Waals surface area contributed by atoms with Gasteiger partial charge >= 0.3 is 0 Å². The first kappa shape index (κ1) is 12.3.